The van der Waals surface area contributed by atoms with Crippen molar-refractivity contribution in [2.24, 2.45) is 20.5 Å². The third kappa shape index (κ3) is 10.2. The van der Waals surface area contributed by atoms with Crippen LogP contribution in [0.4, 0.5) is 28.4 Å². The first-order chi connectivity index (χ1) is 25.7. The summed E-state index contributed by atoms with van der Waals surface area (Å²) in [6, 6.07) is 9.21. The predicted molar refractivity (Wildman–Crippen MR) is 192 cm³/mol. The Bertz CT molecular complexity index is 2620. The van der Waals surface area contributed by atoms with Crippen LogP contribution in [0.3, 0.4) is 0 Å². The number of hydrogen-bond acceptors (Lipinski definition) is 21. The summed E-state index contributed by atoms with van der Waals surface area (Å²) < 4.78 is 135. The lowest BCUT2D eigenvalue weighted by Crippen LogP contribution is -2.16. The SMILES string of the molecule is CCS(=O)(=O)c1ccc(/N=N/c2c(SOOO)cc3cc(S(=O)(=O)O)c(/N=N/c4cc(OC)c(S(=O)(=O)CCOS(=O)(=O)O)cc4OC)c(N)c3c2O)cc1. The zero-order valence-corrected chi connectivity index (χ0v) is 32.3. The van der Waals surface area contributed by atoms with Gasteiger partial charge in [0.1, 0.15) is 38.4 Å². The Balaban J connectivity index is 1.89. The molecule has 0 saturated heterocycles. The van der Waals surface area contributed by atoms with E-state index in [0.717, 1.165) is 32.4 Å². The van der Waals surface area contributed by atoms with Gasteiger partial charge in [0.2, 0.25) is 0 Å². The molecule has 4 rings (SSSR count). The van der Waals surface area contributed by atoms with Gasteiger partial charge in [-0.1, -0.05) is 12.0 Å². The first kappa shape index (κ1) is 43.2. The first-order valence-electron chi connectivity index (χ1n) is 14.7. The molecule has 0 heterocycles. The van der Waals surface area contributed by atoms with Gasteiger partial charge in [0.15, 0.2) is 25.4 Å². The van der Waals surface area contributed by atoms with Crippen LogP contribution in [0.15, 0.2) is 88.6 Å². The van der Waals surface area contributed by atoms with Gasteiger partial charge in [-0.15, -0.1) is 19.7 Å². The minimum atomic E-state index is -5.15. The summed E-state index contributed by atoms with van der Waals surface area (Å²) in [5, 5.41) is 39.2. The van der Waals surface area contributed by atoms with Crippen LogP contribution in [0.1, 0.15) is 6.92 Å². The maximum Gasteiger partial charge on any atom is 0.397 e. The average Bonchev–Trinajstić information content (AvgIpc) is 3.11. The van der Waals surface area contributed by atoms with Crippen molar-refractivity contribution in [1.82, 2.24) is 0 Å². The van der Waals surface area contributed by atoms with Crippen LogP contribution in [-0.4, -0.2) is 85.5 Å². The number of hydrogen-bond donors (Lipinski definition) is 5. The molecule has 0 bridgehead atoms. The molecule has 0 aliphatic heterocycles. The van der Waals surface area contributed by atoms with Crippen molar-refractivity contribution in [3.05, 3.63) is 48.5 Å². The Morgan fingerprint density at radius 3 is 1.98 bits per heavy atom. The molecular weight excluding hydrogens is 839 g/mol. The van der Waals surface area contributed by atoms with Crippen molar-refractivity contribution in [1.29, 1.82) is 0 Å². The number of nitrogen functional groups attached to an aromatic ring is 1. The van der Waals surface area contributed by atoms with E-state index >= 15 is 0 Å². The number of phenols is 1. The molecule has 6 N–H and O–H groups in total. The first-order valence-corrected chi connectivity index (χ1v) is 21.5. The number of benzene rings is 4. The lowest BCUT2D eigenvalue weighted by Gasteiger charge is -2.15. The standard InChI is InChI=1S/C28H29N5O17S5/c1-4-52(36,37)17-7-5-16(6-8-17)30-32-26-21(51-50-49-35)11-15-12-23(54(40,41)42)27(25(29)24(15)28(26)34)33-31-18-13-20(47-3)22(14-19(18)46-2)53(38,39)10-9-48-55(43,44)45/h5-8,11-14,34-35H,4,9-10,29H2,1-3H3,(H,40,41,42)(H,43,44,45)/b32-30+,33-31+. The summed E-state index contributed by atoms with van der Waals surface area (Å²) >= 11 is 0.293. The van der Waals surface area contributed by atoms with Crippen molar-refractivity contribution in [3.63, 3.8) is 0 Å². The van der Waals surface area contributed by atoms with Gasteiger partial charge in [-0.25, -0.2) is 26.3 Å². The zero-order valence-electron chi connectivity index (χ0n) is 28.2. The lowest BCUT2D eigenvalue weighted by molar-refractivity contribution is -0.432. The predicted octanol–water partition coefficient (Wildman–Crippen LogP) is 5.04. The molecule has 4 aromatic carbocycles. The molecule has 22 nitrogen and oxygen atoms in total. The fourth-order valence-electron chi connectivity index (χ4n) is 4.66. The molecule has 0 spiro atoms. The molecule has 27 heteroatoms. The normalized spacial score (nSPS) is 12.9. The molecular formula is C28H29N5O17S5. The summed E-state index contributed by atoms with van der Waals surface area (Å²) in [7, 11) is -15.8. The number of rotatable bonds is 17. The smallest absolute Gasteiger partial charge is 0.397 e. The summed E-state index contributed by atoms with van der Waals surface area (Å²) in [6.45, 7) is 0.519. The lowest BCUT2D eigenvalue weighted by atomic mass is 10.1. The minimum Gasteiger partial charge on any atom is -0.505 e. The number of nitrogens with zero attached hydrogens (tertiary/aromatic N) is 4. The number of sulfone groups is 2. The number of azo groups is 2. The van der Waals surface area contributed by atoms with Crippen LogP contribution in [0.2, 0.25) is 0 Å². The summed E-state index contributed by atoms with van der Waals surface area (Å²) in [5.74, 6) is -2.48. The van der Waals surface area contributed by atoms with Crippen molar-refractivity contribution < 1.29 is 76.2 Å². The van der Waals surface area contributed by atoms with Gasteiger partial charge in [-0.2, -0.15) is 21.9 Å². The molecule has 0 amide bonds. The number of methoxy groups -OCH3 is 2. The highest BCUT2D eigenvalue weighted by molar-refractivity contribution is 7.94. The van der Waals surface area contributed by atoms with Crippen LogP contribution in [0, 0.1) is 0 Å². The van der Waals surface area contributed by atoms with Gasteiger partial charge in [0, 0.05) is 12.1 Å². The molecule has 0 atom stereocenters. The van der Waals surface area contributed by atoms with Crippen LogP contribution in [-0.2, 0) is 53.7 Å². The summed E-state index contributed by atoms with van der Waals surface area (Å²) in [5.41, 5.74) is 4.50. The Morgan fingerprint density at radius 2 is 1.42 bits per heavy atom. The van der Waals surface area contributed by atoms with E-state index in [-0.39, 0.29) is 54.9 Å². The molecule has 0 aromatic heterocycles. The largest absolute Gasteiger partial charge is 0.505 e. The monoisotopic (exact) mass is 867 g/mol. The van der Waals surface area contributed by atoms with Crippen LogP contribution >= 0.6 is 12.0 Å². The third-order valence-electron chi connectivity index (χ3n) is 7.23. The topological polar surface area (TPSA) is 339 Å². The molecule has 298 valence electrons. The number of fused-ring (bicyclic) bond motifs is 1. The second-order valence-corrected chi connectivity index (χ2v) is 18.1. The van der Waals surface area contributed by atoms with Gasteiger partial charge in [-0.3, -0.25) is 9.11 Å². The van der Waals surface area contributed by atoms with Gasteiger partial charge in [-0.05, 0) is 41.8 Å². The summed E-state index contributed by atoms with van der Waals surface area (Å²) in [4.78, 5) is -1.56. The average molecular weight is 868 g/mol. The van der Waals surface area contributed by atoms with Crippen molar-refractivity contribution in [2.45, 2.75) is 26.5 Å². The molecule has 0 aliphatic carbocycles. The minimum absolute atomic E-state index is 0.0252. The van der Waals surface area contributed by atoms with Crippen LogP contribution < -0.4 is 15.2 Å². The molecule has 55 heavy (non-hydrogen) atoms. The van der Waals surface area contributed by atoms with Gasteiger partial charge in [0.25, 0.3) is 10.1 Å². The number of nitrogens with two attached hydrogens (primary N) is 1. The van der Waals surface area contributed by atoms with E-state index in [1.54, 1.807) is 0 Å². The van der Waals surface area contributed by atoms with Crippen molar-refractivity contribution in [2.75, 3.05) is 38.1 Å². The number of phenolic OH excluding ortho intramolecular Hbond substituents is 1. The van der Waals surface area contributed by atoms with E-state index < -0.39 is 79.5 Å². The highest BCUT2D eigenvalue weighted by Crippen LogP contribution is 2.50. The second-order valence-electron chi connectivity index (χ2n) is 10.5. The molecule has 0 saturated carbocycles. The molecule has 0 fully saturated rings. The second kappa shape index (κ2) is 17.1. The molecule has 0 unspecified atom stereocenters. The van der Waals surface area contributed by atoms with Gasteiger partial charge < -0.3 is 20.3 Å². The number of anilines is 1. The van der Waals surface area contributed by atoms with Gasteiger partial charge >= 0.3 is 10.4 Å². The van der Waals surface area contributed by atoms with Crippen LogP contribution in [0.5, 0.6) is 17.2 Å². The maximum absolute atomic E-state index is 13.0. The van der Waals surface area contributed by atoms with Crippen molar-refractivity contribution >= 4 is 91.4 Å². The van der Waals surface area contributed by atoms with Crippen molar-refractivity contribution in [3.8, 4) is 17.2 Å². The van der Waals surface area contributed by atoms with E-state index in [2.05, 4.69) is 34.0 Å². The number of aromatic hydroxyl groups is 1. The van der Waals surface area contributed by atoms with Gasteiger partial charge in [0.05, 0.1) is 70.9 Å². The molecule has 0 radical (unpaired) electrons. The fourth-order valence-corrected chi connectivity index (χ4v) is 8.36. The molecule has 0 aliphatic rings. The Morgan fingerprint density at radius 1 is 0.782 bits per heavy atom. The molecule has 4 aromatic rings. The highest BCUT2D eigenvalue weighted by Gasteiger charge is 2.27. The van der Waals surface area contributed by atoms with Crippen LogP contribution in [0.25, 0.3) is 10.8 Å². The zero-order chi connectivity index (χ0) is 40.9. The van der Waals surface area contributed by atoms with E-state index in [9.17, 15) is 43.3 Å². The van der Waals surface area contributed by atoms with E-state index in [1.165, 1.54) is 37.3 Å². The third-order valence-corrected chi connectivity index (χ3v) is 12.6. The van der Waals surface area contributed by atoms with E-state index in [1.807, 2.05) is 0 Å². The quantitative estimate of drug-likeness (QED) is 0.0232. The Kier molecular flexibility index (Phi) is 13.4. The van der Waals surface area contributed by atoms with E-state index in [0.29, 0.717) is 12.0 Å². The fraction of sp³-hybridized carbons (Fsp3) is 0.214. The maximum atomic E-state index is 13.0. The Hall–Kier alpha value is -4.55. The van der Waals surface area contributed by atoms with E-state index in [4.69, 9.17) is 25.0 Å². The highest BCUT2D eigenvalue weighted by atomic mass is 32.3. The number of ether oxygens (including phenoxy) is 2. The summed E-state index contributed by atoms with van der Waals surface area (Å²) in [6.07, 6.45) is 0. The Labute approximate surface area is 317 Å².